The van der Waals surface area contributed by atoms with E-state index in [-0.39, 0.29) is 12.3 Å². The third-order valence-electron chi connectivity index (χ3n) is 4.38. The first-order chi connectivity index (χ1) is 12.7. The first-order valence-corrected chi connectivity index (χ1v) is 9.41. The van der Waals surface area contributed by atoms with E-state index in [1.165, 1.54) is 23.9 Å². The lowest BCUT2D eigenvalue weighted by molar-refractivity contribution is -0.137. The average Bonchev–Trinajstić information content (AvgIpc) is 2.62. The summed E-state index contributed by atoms with van der Waals surface area (Å²) in [5.74, 6) is 0.206. The molecule has 5 nitrogen and oxygen atoms in total. The molecular weight excluding hydrogens is 379 g/mol. The van der Waals surface area contributed by atoms with Crippen LogP contribution in [0.3, 0.4) is 0 Å². The quantitative estimate of drug-likeness (QED) is 0.630. The van der Waals surface area contributed by atoms with E-state index in [2.05, 4.69) is 10.3 Å². The number of halogens is 3. The van der Waals surface area contributed by atoms with Gasteiger partial charge < -0.3 is 9.88 Å². The number of carbonyl (C=O) groups is 1. The van der Waals surface area contributed by atoms with Gasteiger partial charge in [-0.25, -0.2) is 0 Å². The van der Waals surface area contributed by atoms with Crippen LogP contribution in [0.4, 0.5) is 19.0 Å². The summed E-state index contributed by atoms with van der Waals surface area (Å²) in [7, 11) is 1.71. The third-order valence-corrected chi connectivity index (χ3v) is 5.61. The predicted octanol–water partition coefficient (Wildman–Crippen LogP) is 3.78. The molecule has 1 amide bonds. The van der Waals surface area contributed by atoms with Crippen LogP contribution in [0.1, 0.15) is 42.4 Å². The molecule has 9 heteroatoms. The molecule has 0 fully saturated rings. The van der Waals surface area contributed by atoms with Crippen LogP contribution < -0.4 is 10.9 Å². The predicted molar refractivity (Wildman–Crippen MR) is 97.0 cm³/mol. The lowest BCUT2D eigenvalue weighted by Gasteiger charge is -2.27. The molecule has 3 rings (SSSR count). The van der Waals surface area contributed by atoms with Crippen molar-refractivity contribution < 1.29 is 18.0 Å². The molecule has 0 radical (unpaired) electrons. The smallest absolute Gasteiger partial charge is 0.312 e. The van der Waals surface area contributed by atoms with Gasteiger partial charge >= 0.3 is 6.18 Å². The second-order valence-electron chi connectivity index (χ2n) is 6.29. The van der Waals surface area contributed by atoms with Gasteiger partial charge in [0.05, 0.1) is 11.1 Å². The van der Waals surface area contributed by atoms with Crippen molar-refractivity contribution in [2.45, 2.75) is 37.0 Å². The van der Waals surface area contributed by atoms with Gasteiger partial charge in [0.2, 0.25) is 5.91 Å². The van der Waals surface area contributed by atoms with Crippen molar-refractivity contribution >= 4 is 23.5 Å². The Morgan fingerprint density at radius 2 is 1.93 bits per heavy atom. The highest BCUT2D eigenvalue weighted by Gasteiger charge is 2.34. The third kappa shape index (κ3) is 3.87. The highest BCUT2D eigenvalue weighted by atomic mass is 32.2. The summed E-state index contributed by atoms with van der Waals surface area (Å²) in [5, 5.41) is 3.21. The second kappa shape index (κ2) is 7.38. The number of thioether (sulfide) groups is 1. The Labute approximate surface area is 158 Å². The summed E-state index contributed by atoms with van der Waals surface area (Å²) in [6, 6.07) is 4.56. The van der Waals surface area contributed by atoms with Crippen LogP contribution in [-0.2, 0) is 18.0 Å². The summed E-state index contributed by atoms with van der Waals surface area (Å²) < 4.78 is 40.0. The number of rotatable bonds is 4. The van der Waals surface area contributed by atoms with Gasteiger partial charge in [0.25, 0.3) is 5.56 Å². The van der Waals surface area contributed by atoms with Crippen molar-refractivity contribution in [2.24, 2.45) is 7.05 Å². The lowest BCUT2D eigenvalue weighted by atomic mass is 9.86. The Kier molecular flexibility index (Phi) is 5.32. The Bertz CT molecular complexity index is 923. The number of anilines is 1. The van der Waals surface area contributed by atoms with Crippen molar-refractivity contribution in [3.8, 4) is 0 Å². The van der Waals surface area contributed by atoms with Crippen LogP contribution in [-0.4, -0.2) is 21.2 Å². The molecule has 1 atom stereocenters. The molecule has 0 saturated heterocycles. The molecule has 1 N–H and O–H groups in total. The maximum absolute atomic E-state index is 12.8. The molecule has 1 aromatic carbocycles. The fourth-order valence-corrected chi connectivity index (χ4v) is 3.87. The van der Waals surface area contributed by atoms with Crippen LogP contribution >= 0.6 is 11.8 Å². The van der Waals surface area contributed by atoms with Crippen LogP contribution in [0.2, 0.25) is 0 Å². The number of alkyl halides is 3. The Hall–Kier alpha value is -2.29. The molecule has 0 unspecified atom stereocenters. The number of amides is 1. The molecule has 1 aliphatic heterocycles. The minimum absolute atomic E-state index is 0.0171. The van der Waals surface area contributed by atoms with Crippen molar-refractivity contribution in [3.05, 3.63) is 51.3 Å². The molecule has 2 aromatic rings. The lowest BCUT2D eigenvalue weighted by Crippen LogP contribution is -2.33. The van der Waals surface area contributed by atoms with Gasteiger partial charge in [-0.1, -0.05) is 30.8 Å². The summed E-state index contributed by atoms with van der Waals surface area (Å²) in [6.07, 6.45) is -3.56. The minimum atomic E-state index is -4.44. The summed E-state index contributed by atoms with van der Waals surface area (Å²) in [4.78, 5) is 29.0. The molecule has 0 aliphatic carbocycles. The van der Waals surface area contributed by atoms with Crippen molar-refractivity contribution in [2.75, 3.05) is 11.1 Å². The zero-order chi connectivity index (χ0) is 19.8. The molecule has 0 spiro atoms. The molecule has 1 aromatic heterocycles. The number of fused-ring (bicyclic) bond motifs is 1. The number of nitrogens with one attached hydrogen (secondary N) is 1. The average molecular weight is 397 g/mol. The van der Waals surface area contributed by atoms with E-state index >= 15 is 0 Å². The second-order valence-corrected chi connectivity index (χ2v) is 7.36. The summed E-state index contributed by atoms with van der Waals surface area (Å²) in [6.45, 7) is 2.01. The molecule has 27 heavy (non-hydrogen) atoms. The SMILES string of the molecule is CCCSc1nc(=O)c2c(n1C)NC(=O)C[C@@H]2c1ccc(C(F)(F)F)cc1. The van der Waals surface area contributed by atoms with E-state index in [4.69, 9.17) is 0 Å². The fourth-order valence-electron chi connectivity index (χ4n) is 3.05. The number of hydrogen-bond acceptors (Lipinski definition) is 4. The standard InChI is InChI=1S/C18H18F3N3O2S/c1-3-8-27-17-23-16(26)14-12(9-13(25)22-15(14)24(17)2)10-4-6-11(7-5-10)18(19,20)21/h4-7,12H,3,8-9H2,1-2H3,(H,22,25)/t12-/m1/s1. The largest absolute Gasteiger partial charge is 0.416 e. The van der Waals surface area contributed by atoms with Crippen LogP contribution in [0.5, 0.6) is 0 Å². The topological polar surface area (TPSA) is 64.0 Å². The highest BCUT2D eigenvalue weighted by Crippen LogP contribution is 2.37. The highest BCUT2D eigenvalue weighted by molar-refractivity contribution is 7.99. The van der Waals surface area contributed by atoms with Gasteiger partial charge in [0.1, 0.15) is 5.82 Å². The van der Waals surface area contributed by atoms with Gasteiger partial charge in [-0.05, 0) is 24.1 Å². The normalized spacial score (nSPS) is 16.8. The maximum atomic E-state index is 12.8. The van der Waals surface area contributed by atoms with Crippen molar-refractivity contribution in [1.29, 1.82) is 0 Å². The van der Waals surface area contributed by atoms with Crippen molar-refractivity contribution in [3.63, 3.8) is 0 Å². The molecule has 0 saturated carbocycles. The Balaban J connectivity index is 2.07. The van der Waals surface area contributed by atoms with E-state index in [0.717, 1.165) is 24.3 Å². The number of hydrogen-bond donors (Lipinski definition) is 1. The summed E-state index contributed by atoms with van der Waals surface area (Å²) >= 11 is 1.41. The molecule has 0 bridgehead atoms. The van der Waals surface area contributed by atoms with Gasteiger partial charge in [-0.2, -0.15) is 18.2 Å². The van der Waals surface area contributed by atoms with Gasteiger partial charge in [0.15, 0.2) is 5.16 Å². The van der Waals surface area contributed by atoms with Crippen LogP contribution in [0.15, 0.2) is 34.2 Å². The number of benzene rings is 1. The van der Waals surface area contributed by atoms with E-state index < -0.39 is 23.2 Å². The van der Waals surface area contributed by atoms with E-state index in [9.17, 15) is 22.8 Å². The molecular formula is C18H18F3N3O2S. The Morgan fingerprint density at radius 1 is 1.26 bits per heavy atom. The monoisotopic (exact) mass is 397 g/mol. The maximum Gasteiger partial charge on any atom is 0.416 e. The van der Waals surface area contributed by atoms with E-state index in [1.807, 2.05) is 6.92 Å². The molecule has 144 valence electrons. The number of carbonyl (C=O) groups excluding carboxylic acids is 1. The van der Waals surface area contributed by atoms with Gasteiger partial charge in [0, 0.05) is 25.1 Å². The number of aromatic nitrogens is 2. The first-order valence-electron chi connectivity index (χ1n) is 8.43. The molecule has 2 heterocycles. The van der Waals surface area contributed by atoms with Crippen LogP contribution in [0, 0.1) is 0 Å². The Morgan fingerprint density at radius 3 is 2.52 bits per heavy atom. The van der Waals surface area contributed by atoms with Gasteiger partial charge in [-0.15, -0.1) is 0 Å². The van der Waals surface area contributed by atoms with Crippen LogP contribution in [0.25, 0.3) is 0 Å². The fraction of sp³-hybridized carbons (Fsp3) is 0.389. The van der Waals surface area contributed by atoms with Gasteiger partial charge in [-0.3, -0.25) is 9.59 Å². The van der Waals surface area contributed by atoms with Crippen molar-refractivity contribution in [1.82, 2.24) is 9.55 Å². The zero-order valence-corrected chi connectivity index (χ0v) is 15.6. The molecule has 1 aliphatic rings. The number of nitrogens with zero attached hydrogens (tertiary/aromatic N) is 2. The minimum Gasteiger partial charge on any atom is -0.312 e. The van der Waals surface area contributed by atoms with E-state index in [1.54, 1.807) is 11.6 Å². The van der Waals surface area contributed by atoms with E-state index in [0.29, 0.717) is 22.1 Å². The summed E-state index contributed by atoms with van der Waals surface area (Å²) in [5.41, 5.74) is -0.458. The first kappa shape index (κ1) is 19.5. The zero-order valence-electron chi connectivity index (χ0n) is 14.8.